The zero-order valence-electron chi connectivity index (χ0n) is 14.1. The number of hydrogen-bond acceptors (Lipinski definition) is 4. The van der Waals surface area contributed by atoms with Crippen molar-refractivity contribution in [3.63, 3.8) is 0 Å². The van der Waals surface area contributed by atoms with Crippen molar-refractivity contribution in [3.05, 3.63) is 29.8 Å². The van der Waals surface area contributed by atoms with Crippen molar-refractivity contribution in [3.8, 4) is 5.75 Å². The van der Waals surface area contributed by atoms with Crippen molar-refractivity contribution in [1.29, 1.82) is 0 Å². The van der Waals surface area contributed by atoms with Crippen LogP contribution in [0.5, 0.6) is 5.75 Å². The molecule has 0 radical (unpaired) electrons. The van der Waals surface area contributed by atoms with E-state index in [2.05, 4.69) is 10.2 Å². The molecular formula is C18H28N2O3. The Morgan fingerprint density at radius 3 is 2.74 bits per heavy atom. The van der Waals surface area contributed by atoms with Gasteiger partial charge in [0.05, 0.1) is 19.8 Å². The van der Waals surface area contributed by atoms with Gasteiger partial charge >= 0.3 is 0 Å². The number of rotatable bonds is 7. The molecule has 23 heavy (non-hydrogen) atoms. The fraction of sp³-hybridized carbons (Fsp3) is 0.611. The van der Waals surface area contributed by atoms with E-state index in [0.29, 0.717) is 19.0 Å². The smallest absolute Gasteiger partial charge is 0.234 e. The van der Waals surface area contributed by atoms with Crippen molar-refractivity contribution in [2.45, 2.75) is 32.3 Å². The first kappa shape index (κ1) is 17.8. The van der Waals surface area contributed by atoms with E-state index in [4.69, 9.17) is 4.74 Å². The molecule has 128 valence electrons. The number of para-hydroxylation sites is 1. The standard InChI is InChI=1S/C18H28N2O3/c1-14(21)15-8-11-20(12-9-15)13-18(22)19-10-7-16-5-3-4-6-17(16)23-2/h3-6,14-15,21H,7-13H2,1-2H3,(H,19,22). The molecular weight excluding hydrogens is 292 g/mol. The largest absolute Gasteiger partial charge is 0.496 e. The third kappa shape index (κ3) is 5.52. The van der Waals surface area contributed by atoms with Gasteiger partial charge in [0.25, 0.3) is 0 Å². The predicted molar refractivity (Wildman–Crippen MR) is 90.6 cm³/mol. The summed E-state index contributed by atoms with van der Waals surface area (Å²) >= 11 is 0. The molecule has 1 unspecified atom stereocenters. The predicted octanol–water partition coefficient (Wildman–Crippen LogP) is 1.45. The van der Waals surface area contributed by atoms with Crippen LogP contribution in [0.25, 0.3) is 0 Å². The molecule has 2 N–H and O–H groups in total. The van der Waals surface area contributed by atoms with Crippen LogP contribution in [0.4, 0.5) is 0 Å². The summed E-state index contributed by atoms with van der Waals surface area (Å²) in [7, 11) is 1.66. The molecule has 5 heteroatoms. The lowest BCUT2D eigenvalue weighted by molar-refractivity contribution is -0.122. The summed E-state index contributed by atoms with van der Waals surface area (Å²) in [5.74, 6) is 1.30. The van der Waals surface area contributed by atoms with Crippen LogP contribution in [0.2, 0.25) is 0 Å². The van der Waals surface area contributed by atoms with Gasteiger partial charge in [-0.25, -0.2) is 0 Å². The van der Waals surface area contributed by atoms with Crippen molar-refractivity contribution >= 4 is 5.91 Å². The first-order valence-electron chi connectivity index (χ1n) is 8.39. The van der Waals surface area contributed by atoms with E-state index in [1.54, 1.807) is 7.11 Å². The number of nitrogens with one attached hydrogen (secondary N) is 1. The second kappa shape index (κ2) is 8.89. The Hall–Kier alpha value is -1.59. The SMILES string of the molecule is COc1ccccc1CCNC(=O)CN1CCC(C(C)O)CC1. The molecule has 1 aliphatic heterocycles. The zero-order chi connectivity index (χ0) is 16.7. The molecule has 5 nitrogen and oxygen atoms in total. The van der Waals surface area contributed by atoms with Crippen LogP contribution >= 0.6 is 0 Å². The highest BCUT2D eigenvalue weighted by Crippen LogP contribution is 2.20. The molecule has 0 aliphatic carbocycles. The lowest BCUT2D eigenvalue weighted by Crippen LogP contribution is -2.43. The number of aliphatic hydroxyl groups excluding tert-OH is 1. The van der Waals surface area contributed by atoms with E-state index in [-0.39, 0.29) is 12.0 Å². The summed E-state index contributed by atoms with van der Waals surface area (Å²) in [5, 5.41) is 12.6. The second-order valence-corrected chi connectivity index (χ2v) is 6.27. The molecule has 1 aromatic carbocycles. The minimum absolute atomic E-state index is 0.0652. The van der Waals surface area contributed by atoms with Crippen LogP contribution in [-0.4, -0.2) is 55.3 Å². The maximum absolute atomic E-state index is 12.0. The first-order valence-corrected chi connectivity index (χ1v) is 8.39. The van der Waals surface area contributed by atoms with Crippen LogP contribution in [0.1, 0.15) is 25.3 Å². The Morgan fingerprint density at radius 2 is 2.09 bits per heavy atom. The summed E-state index contributed by atoms with van der Waals surface area (Å²) in [6.07, 6.45) is 2.45. The fourth-order valence-corrected chi connectivity index (χ4v) is 3.10. The third-order valence-electron chi connectivity index (χ3n) is 4.59. The fourth-order valence-electron chi connectivity index (χ4n) is 3.10. The summed E-state index contributed by atoms with van der Waals surface area (Å²) in [5.41, 5.74) is 1.10. The average molecular weight is 320 g/mol. The van der Waals surface area contributed by atoms with Crippen molar-refractivity contribution < 1.29 is 14.6 Å². The van der Waals surface area contributed by atoms with Gasteiger partial charge in [-0.05, 0) is 56.8 Å². The number of hydrogen-bond donors (Lipinski definition) is 2. The number of methoxy groups -OCH3 is 1. The van der Waals surface area contributed by atoms with Gasteiger partial charge in [0.15, 0.2) is 0 Å². The minimum atomic E-state index is -0.244. The highest BCUT2D eigenvalue weighted by molar-refractivity contribution is 5.78. The molecule has 1 heterocycles. The maximum atomic E-state index is 12.0. The monoisotopic (exact) mass is 320 g/mol. The van der Waals surface area contributed by atoms with Crippen molar-refractivity contribution in [2.75, 3.05) is 33.3 Å². The van der Waals surface area contributed by atoms with Crippen LogP contribution in [0.15, 0.2) is 24.3 Å². The quantitative estimate of drug-likeness (QED) is 0.798. The molecule has 1 saturated heterocycles. The number of piperidine rings is 1. The molecule has 1 atom stereocenters. The Bertz CT molecular complexity index is 497. The zero-order valence-corrected chi connectivity index (χ0v) is 14.1. The second-order valence-electron chi connectivity index (χ2n) is 6.27. The van der Waals surface area contributed by atoms with E-state index < -0.39 is 0 Å². The molecule has 2 rings (SSSR count). The van der Waals surface area contributed by atoms with Crippen LogP contribution in [0.3, 0.4) is 0 Å². The molecule has 0 spiro atoms. The van der Waals surface area contributed by atoms with Crippen molar-refractivity contribution in [1.82, 2.24) is 10.2 Å². The van der Waals surface area contributed by atoms with Gasteiger partial charge in [-0.3, -0.25) is 9.69 Å². The Kier molecular flexibility index (Phi) is 6.86. The number of carbonyl (C=O) groups is 1. The van der Waals surface area contributed by atoms with E-state index in [0.717, 1.165) is 43.7 Å². The van der Waals surface area contributed by atoms with Gasteiger partial charge in [-0.2, -0.15) is 0 Å². The van der Waals surface area contributed by atoms with E-state index >= 15 is 0 Å². The number of ether oxygens (including phenoxy) is 1. The maximum Gasteiger partial charge on any atom is 0.234 e. The van der Waals surface area contributed by atoms with Crippen LogP contribution in [-0.2, 0) is 11.2 Å². The number of carbonyl (C=O) groups excluding carboxylic acids is 1. The molecule has 0 aromatic heterocycles. The van der Waals surface area contributed by atoms with Crippen LogP contribution < -0.4 is 10.1 Å². The summed E-state index contributed by atoms with van der Waals surface area (Å²) in [6.45, 7) is 4.68. The van der Waals surface area contributed by atoms with E-state index in [9.17, 15) is 9.90 Å². The van der Waals surface area contributed by atoms with Crippen LogP contribution in [0, 0.1) is 5.92 Å². The number of aliphatic hydroxyl groups is 1. The molecule has 1 fully saturated rings. The Labute approximate surface area is 138 Å². The van der Waals surface area contributed by atoms with Crippen molar-refractivity contribution in [2.24, 2.45) is 5.92 Å². The van der Waals surface area contributed by atoms with Gasteiger partial charge in [0.1, 0.15) is 5.75 Å². The highest BCUT2D eigenvalue weighted by atomic mass is 16.5. The third-order valence-corrected chi connectivity index (χ3v) is 4.59. The van der Waals surface area contributed by atoms with E-state index in [1.807, 2.05) is 31.2 Å². The number of likely N-dealkylation sites (tertiary alicyclic amines) is 1. The highest BCUT2D eigenvalue weighted by Gasteiger charge is 2.23. The summed E-state index contributed by atoms with van der Waals surface area (Å²) in [6, 6.07) is 7.87. The number of nitrogens with zero attached hydrogens (tertiary/aromatic N) is 1. The lowest BCUT2D eigenvalue weighted by Gasteiger charge is -2.32. The number of benzene rings is 1. The van der Waals surface area contributed by atoms with Gasteiger partial charge < -0.3 is 15.2 Å². The van der Waals surface area contributed by atoms with Gasteiger partial charge in [-0.1, -0.05) is 18.2 Å². The Morgan fingerprint density at radius 1 is 1.39 bits per heavy atom. The summed E-state index contributed by atoms with van der Waals surface area (Å²) < 4.78 is 5.31. The molecule has 0 bridgehead atoms. The van der Waals surface area contributed by atoms with Gasteiger partial charge in [-0.15, -0.1) is 0 Å². The average Bonchev–Trinajstić information content (AvgIpc) is 2.55. The molecule has 1 aliphatic rings. The topological polar surface area (TPSA) is 61.8 Å². The molecule has 1 aromatic rings. The molecule has 1 amide bonds. The summed E-state index contributed by atoms with van der Waals surface area (Å²) in [4.78, 5) is 14.2. The van der Waals surface area contributed by atoms with Gasteiger partial charge in [0.2, 0.25) is 5.91 Å². The number of amides is 1. The van der Waals surface area contributed by atoms with Gasteiger partial charge in [0, 0.05) is 6.54 Å². The van der Waals surface area contributed by atoms with E-state index in [1.165, 1.54) is 0 Å². The first-order chi connectivity index (χ1) is 11.1. The lowest BCUT2D eigenvalue weighted by atomic mass is 9.92. The minimum Gasteiger partial charge on any atom is -0.496 e. The normalized spacial score (nSPS) is 17.7. The Balaban J connectivity index is 1.68. The molecule has 0 saturated carbocycles.